The first kappa shape index (κ1) is 12.3. The van der Waals surface area contributed by atoms with Crippen LogP contribution >= 0.6 is 23.2 Å². The highest BCUT2D eigenvalue weighted by atomic mass is 35.5. The second-order valence-electron chi connectivity index (χ2n) is 3.53. The zero-order chi connectivity index (χ0) is 12.4. The number of imidazole rings is 1. The third-order valence-electron chi connectivity index (χ3n) is 2.54. The summed E-state index contributed by atoms with van der Waals surface area (Å²) in [5, 5.41) is 0.817. The van der Waals surface area contributed by atoms with Crippen molar-refractivity contribution in [3.8, 4) is 11.5 Å². The van der Waals surface area contributed by atoms with E-state index in [1.807, 2.05) is 18.4 Å². The third-order valence-corrected chi connectivity index (χ3v) is 3.17. The summed E-state index contributed by atoms with van der Waals surface area (Å²) >= 11 is 12.2. The van der Waals surface area contributed by atoms with Crippen molar-refractivity contribution in [3.63, 3.8) is 0 Å². The third kappa shape index (κ3) is 2.28. The fraction of sp³-hybridized carbons (Fsp3) is 0.364. The van der Waals surface area contributed by atoms with Gasteiger partial charge in [-0.05, 0) is 13.3 Å². The quantitative estimate of drug-likeness (QED) is 0.805. The maximum absolute atomic E-state index is 6.08. The van der Waals surface area contributed by atoms with Crippen LogP contribution in [0.4, 0.5) is 0 Å². The zero-order valence-corrected chi connectivity index (χ0v) is 11.1. The van der Waals surface area contributed by atoms with Gasteiger partial charge in [0.2, 0.25) is 0 Å². The first-order valence-corrected chi connectivity index (χ1v) is 6.15. The van der Waals surface area contributed by atoms with Crippen molar-refractivity contribution in [2.45, 2.75) is 26.8 Å². The Morgan fingerprint density at radius 3 is 2.35 bits per heavy atom. The highest BCUT2D eigenvalue weighted by Gasteiger charge is 2.13. The molecule has 0 unspecified atom stereocenters. The minimum Gasteiger partial charge on any atom is -0.328 e. The normalized spacial score (nSPS) is 10.8. The number of rotatable bonds is 3. The van der Waals surface area contributed by atoms with Gasteiger partial charge < -0.3 is 4.57 Å². The Morgan fingerprint density at radius 2 is 1.82 bits per heavy atom. The SMILES string of the molecule is CCc1c(Cl)nc(-c2cncn2CC)nc1Cl. The highest BCUT2D eigenvalue weighted by molar-refractivity contribution is 6.34. The molecule has 0 spiro atoms. The van der Waals surface area contributed by atoms with E-state index in [4.69, 9.17) is 23.2 Å². The molecule has 2 heterocycles. The van der Waals surface area contributed by atoms with Crippen LogP contribution in [0.3, 0.4) is 0 Å². The molecular formula is C11H12Cl2N4. The van der Waals surface area contributed by atoms with Crippen molar-refractivity contribution in [1.82, 2.24) is 19.5 Å². The van der Waals surface area contributed by atoms with Gasteiger partial charge in [0.15, 0.2) is 5.82 Å². The van der Waals surface area contributed by atoms with E-state index >= 15 is 0 Å². The summed E-state index contributed by atoms with van der Waals surface area (Å²) in [4.78, 5) is 12.6. The lowest BCUT2D eigenvalue weighted by Crippen LogP contribution is -2.01. The van der Waals surface area contributed by atoms with Gasteiger partial charge in [-0.2, -0.15) is 0 Å². The van der Waals surface area contributed by atoms with Crippen LogP contribution in [0.1, 0.15) is 19.4 Å². The first-order chi connectivity index (χ1) is 8.17. The standard InChI is InChI=1S/C11H12Cl2N4/c1-3-7-9(12)15-11(16-10(7)13)8-5-14-6-17(8)4-2/h5-6H,3-4H2,1-2H3. The molecule has 90 valence electrons. The van der Waals surface area contributed by atoms with E-state index in [1.54, 1.807) is 12.5 Å². The Kier molecular flexibility index (Phi) is 3.64. The fourth-order valence-corrected chi connectivity index (χ4v) is 2.25. The van der Waals surface area contributed by atoms with Crippen molar-refractivity contribution >= 4 is 23.2 Å². The molecule has 0 saturated heterocycles. The van der Waals surface area contributed by atoms with E-state index in [2.05, 4.69) is 15.0 Å². The van der Waals surface area contributed by atoms with Crippen LogP contribution in [0.15, 0.2) is 12.5 Å². The molecular weight excluding hydrogens is 259 g/mol. The second-order valence-corrected chi connectivity index (χ2v) is 4.24. The maximum Gasteiger partial charge on any atom is 0.180 e. The summed E-state index contributed by atoms with van der Waals surface area (Å²) < 4.78 is 1.94. The molecule has 0 atom stereocenters. The molecule has 6 heteroatoms. The van der Waals surface area contributed by atoms with Gasteiger partial charge in [0.25, 0.3) is 0 Å². The van der Waals surface area contributed by atoms with Crippen LogP contribution in [0.25, 0.3) is 11.5 Å². The molecule has 2 rings (SSSR count). The van der Waals surface area contributed by atoms with Crippen molar-refractivity contribution < 1.29 is 0 Å². The number of hydrogen-bond donors (Lipinski definition) is 0. The van der Waals surface area contributed by atoms with Crippen LogP contribution in [-0.4, -0.2) is 19.5 Å². The summed E-state index contributed by atoms with van der Waals surface area (Å²) in [6.07, 6.45) is 4.15. The summed E-state index contributed by atoms with van der Waals surface area (Å²) in [7, 11) is 0. The summed E-state index contributed by atoms with van der Waals surface area (Å²) in [5.74, 6) is 0.511. The predicted octanol–water partition coefficient (Wildman–Crippen LogP) is 3.23. The van der Waals surface area contributed by atoms with Crippen molar-refractivity contribution in [1.29, 1.82) is 0 Å². The van der Waals surface area contributed by atoms with Gasteiger partial charge in [-0.25, -0.2) is 15.0 Å². The Labute approximate surface area is 110 Å². The van der Waals surface area contributed by atoms with Crippen LogP contribution < -0.4 is 0 Å². The molecule has 0 saturated carbocycles. The van der Waals surface area contributed by atoms with Crippen LogP contribution in [0.2, 0.25) is 10.3 Å². The molecule has 0 aliphatic heterocycles. The molecule has 2 aromatic heterocycles. The van der Waals surface area contributed by atoms with E-state index in [1.165, 1.54) is 0 Å². The Hall–Kier alpha value is -1.13. The number of hydrogen-bond acceptors (Lipinski definition) is 3. The smallest absolute Gasteiger partial charge is 0.180 e. The van der Waals surface area contributed by atoms with E-state index in [-0.39, 0.29) is 0 Å². The average molecular weight is 271 g/mol. The number of aromatic nitrogens is 4. The van der Waals surface area contributed by atoms with Gasteiger partial charge in [0.1, 0.15) is 16.0 Å². The molecule has 0 fully saturated rings. The van der Waals surface area contributed by atoms with E-state index in [0.717, 1.165) is 17.8 Å². The van der Waals surface area contributed by atoms with Crippen LogP contribution in [-0.2, 0) is 13.0 Å². The molecule has 0 aromatic carbocycles. The maximum atomic E-state index is 6.08. The number of aryl methyl sites for hydroxylation is 1. The fourth-order valence-electron chi connectivity index (χ4n) is 1.60. The molecule has 4 nitrogen and oxygen atoms in total. The number of nitrogens with zero attached hydrogens (tertiary/aromatic N) is 4. The predicted molar refractivity (Wildman–Crippen MR) is 68.3 cm³/mol. The lowest BCUT2D eigenvalue weighted by Gasteiger charge is -2.07. The Bertz CT molecular complexity index is 513. The lowest BCUT2D eigenvalue weighted by molar-refractivity contribution is 0.763. The van der Waals surface area contributed by atoms with Gasteiger partial charge in [-0.15, -0.1) is 0 Å². The lowest BCUT2D eigenvalue weighted by atomic mass is 10.2. The molecule has 2 aromatic rings. The Balaban J connectivity index is 2.54. The van der Waals surface area contributed by atoms with Gasteiger partial charge >= 0.3 is 0 Å². The van der Waals surface area contributed by atoms with E-state index in [9.17, 15) is 0 Å². The van der Waals surface area contributed by atoms with Crippen LogP contribution in [0, 0.1) is 0 Å². The minimum atomic E-state index is 0.409. The first-order valence-electron chi connectivity index (χ1n) is 5.39. The zero-order valence-electron chi connectivity index (χ0n) is 9.61. The minimum absolute atomic E-state index is 0.409. The highest BCUT2D eigenvalue weighted by Crippen LogP contribution is 2.25. The summed E-state index contributed by atoms with van der Waals surface area (Å²) in [5.41, 5.74) is 1.60. The molecule has 0 amide bonds. The van der Waals surface area contributed by atoms with E-state index < -0.39 is 0 Å². The van der Waals surface area contributed by atoms with Gasteiger partial charge in [0.05, 0.1) is 12.5 Å². The number of halogens is 2. The summed E-state index contributed by atoms with van der Waals surface area (Å²) in [6.45, 7) is 4.78. The monoisotopic (exact) mass is 270 g/mol. The molecule has 17 heavy (non-hydrogen) atoms. The molecule has 0 N–H and O–H groups in total. The van der Waals surface area contributed by atoms with Crippen molar-refractivity contribution in [3.05, 3.63) is 28.4 Å². The summed E-state index contributed by atoms with van der Waals surface area (Å²) in [6, 6.07) is 0. The molecule has 0 radical (unpaired) electrons. The largest absolute Gasteiger partial charge is 0.328 e. The van der Waals surface area contributed by atoms with Gasteiger partial charge in [0, 0.05) is 12.1 Å². The van der Waals surface area contributed by atoms with Gasteiger partial charge in [-0.3, -0.25) is 0 Å². The van der Waals surface area contributed by atoms with Crippen molar-refractivity contribution in [2.24, 2.45) is 0 Å². The molecule has 0 aliphatic carbocycles. The second kappa shape index (κ2) is 5.02. The Morgan fingerprint density at radius 1 is 1.18 bits per heavy atom. The van der Waals surface area contributed by atoms with E-state index in [0.29, 0.717) is 22.6 Å². The molecule has 0 aliphatic rings. The topological polar surface area (TPSA) is 43.6 Å². The van der Waals surface area contributed by atoms with Crippen LogP contribution in [0.5, 0.6) is 0 Å². The van der Waals surface area contributed by atoms with Crippen molar-refractivity contribution in [2.75, 3.05) is 0 Å². The van der Waals surface area contributed by atoms with Gasteiger partial charge in [-0.1, -0.05) is 30.1 Å². The molecule has 0 bridgehead atoms. The average Bonchev–Trinajstić information content (AvgIpc) is 2.76.